The Kier molecular flexibility index (Phi) is 5.34. The van der Waals surface area contributed by atoms with E-state index < -0.39 is 6.04 Å². The van der Waals surface area contributed by atoms with E-state index in [-0.39, 0.29) is 24.1 Å². The Labute approximate surface area is 186 Å². The van der Waals surface area contributed by atoms with Gasteiger partial charge in [-0.1, -0.05) is 12.1 Å². The summed E-state index contributed by atoms with van der Waals surface area (Å²) in [6.07, 6.45) is 6.29. The maximum Gasteiger partial charge on any atom is 0.255 e. The number of aromatic nitrogens is 2. The maximum atomic E-state index is 12.9. The molecule has 4 heterocycles. The van der Waals surface area contributed by atoms with Gasteiger partial charge in [0.2, 0.25) is 17.8 Å². The normalized spacial score (nSPS) is 22.2. The number of nitrogens with zero attached hydrogens (tertiary/aromatic N) is 4. The molecule has 0 bridgehead atoms. The molecule has 3 aliphatic heterocycles. The fourth-order valence-electron chi connectivity index (χ4n) is 4.98. The highest BCUT2D eigenvalue weighted by atomic mass is 16.2. The zero-order valence-corrected chi connectivity index (χ0v) is 17.8. The average Bonchev–Trinajstić information content (AvgIpc) is 3.11. The topological polar surface area (TPSA) is 122 Å². The molecular weight excluding hydrogens is 408 g/mol. The van der Waals surface area contributed by atoms with Gasteiger partial charge in [-0.15, -0.1) is 0 Å². The van der Waals surface area contributed by atoms with E-state index in [9.17, 15) is 14.4 Å². The van der Waals surface area contributed by atoms with Crippen molar-refractivity contribution in [3.8, 4) is 0 Å². The van der Waals surface area contributed by atoms with Gasteiger partial charge < -0.3 is 10.6 Å². The van der Waals surface area contributed by atoms with Crippen LogP contribution in [0.15, 0.2) is 30.6 Å². The monoisotopic (exact) mass is 434 g/mol. The van der Waals surface area contributed by atoms with Crippen molar-refractivity contribution >= 4 is 23.7 Å². The zero-order valence-electron chi connectivity index (χ0n) is 17.8. The summed E-state index contributed by atoms with van der Waals surface area (Å²) in [5.74, 6) is -0.0336. The fourth-order valence-corrected chi connectivity index (χ4v) is 4.98. The quantitative estimate of drug-likeness (QED) is 0.694. The maximum absolute atomic E-state index is 12.9. The number of piperidine rings is 2. The van der Waals surface area contributed by atoms with E-state index in [1.54, 1.807) is 17.3 Å². The standard InChI is InChI=1S/C23H26N6O3/c24-23-25-10-14(11-26-23)12-28-7-5-15(6-8-28)16-1-2-18-17(9-16)13-29(22(18)32)19-3-4-20(30)27-21(19)31/h1-2,9-11,15,19H,3-8,12-13H2,(H2,24,25,26)(H,27,30,31). The summed E-state index contributed by atoms with van der Waals surface area (Å²) < 4.78 is 0. The number of benzene rings is 1. The lowest BCUT2D eigenvalue weighted by molar-refractivity contribution is -0.136. The summed E-state index contributed by atoms with van der Waals surface area (Å²) in [6.45, 7) is 3.19. The molecule has 2 aromatic rings. The Balaban J connectivity index is 1.22. The number of nitrogens with two attached hydrogens (primary N) is 1. The van der Waals surface area contributed by atoms with Gasteiger partial charge in [0, 0.05) is 43.0 Å². The molecule has 1 atom stereocenters. The first kappa shape index (κ1) is 20.6. The molecule has 0 spiro atoms. The molecule has 166 valence electrons. The van der Waals surface area contributed by atoms with E-state index in [1.165, 1.54) is 5.56 Å². The summed E-state index contributed by atoms with van der Waals surface area (Å²) in [7, 11) is 0. The van der Waals surface area contributed by atoms with E-state index >= 15 is 0 Å². The number of hydrogen-bond donors (Lipinski definition) is 2. The van der Waals surface area contributed by atoms with Crippen molar-refractivity contribution in [3.63, 3.8) is 0 Å². The van der Waals surface area contributed by atoms with Crippen molar-refractivity contribution in [2.45, 2.75) is 50.7 Å². The molecule has 2 fully saturated rings. The second-order valence-electron chi connectivity index (χ2n) is 8.82. The Morgan fingerprint density at radius 2 is 1.81 bits per heavy atom. The minimum atomic E-state index is -0.573. The Bertz CT molecular complexity index is 1060. The Morgan fingerprint density at radius 1 is 1.06 bits per heavy atom. The van der Waals surface area contributed by atoms with E-state index in [0.29, 0.717) is 30.4 Å². The predicted molar refractivity (Wildman–Crippen MR) is 116 cm³/mol. The van der Waals surface area contributed by atoms with Crippen LogP contribution >= 0.6 is 0 Å². The van der Waals surface area contributed by atoms with Gasteiger partial charge in [0.1, 0.15) is 6.04 Å². The van der Waals surface area contributed by atoms with Gasteiger partial charge >= 0.3 is 0 Å². The molecule has 3 aliphatic rings. The largest absolute Gasteiger partial charge is 0.368 e. The van der Waals surface area contributed by atoms with E-state index in [4.69, 9.17) is 5.73 Å². The van der Waals surface area contributed by atoms with Crippen molar-refractivity contribution in [1.82, 2.24) is 25.1 Å². The Morgan fingerprint density at radius 3 is 2.53 bits per heavy atom. The van der Waals surface area contributed by atoms with Gasteiger partial charge in [0.25, 0.3) is 5.91 Å². The van der Waals surface area contributed by atoms with Crippen molar-refractivity contribution in [2.24, 2.45) is 0 Å². The molecule has 9 nitrogen and oxygen atoms in total. The predicted octanol–water partition coefficient (Wildman–Crippen LogP) is 1.20. The number of amides is 3. The van der Waals surface area contributed by atoms with Crippen LogP contribution in [-0.4, -0.2) is 56.6 Å². The minimum absolute atomic E-state index is 0.124. The second kappa shape index (κ2) is 8.31. The SMILES string of the molecule is Nc1ncc(CN2CCC(c3ccc4c(c3)CN(C3CCC(=O)NC3=O)C4=O)CC2)cn1. The van der Waals surface area contributed by atoms with Crippen LogP contribution in [0.4, 0.5) is 5.95 Å². The highest BCUT2D eigenvalue weighted by Gasteiger charge is 2.39. The lowest BCUT2D eigenvalue weighted by Gasteiger charge is -2.32. The van der Waals surface area contributed by atoms with Crippen LogP contribution in [0, 0.1) is 0 Å². The van der Waals surface area contributed by atoms with Crippen molar-refractivity contribution < 1.29 is 14.4 Å². The van der Waals surface area contributed by atoms with Crippen LogP contribution < -0.4 is 11.1 Å². The van der Waals surface area contributed by atoms with E-state index in [2.05, 4.69) is 32.3 Å². The molecular formula is C23H26N6O3. The number of nitrogens with one attached hydrogen (secondary N) is 1. The molecule has 3 amide bonds. The van der Waals surface area contributed by atoms with Crippen molar-refractivity contribution in [2.75, 3.05) is 18.8 Å². The average molecular weight is 435 g/mol. The van der Waals surface area contributed by atoms with Gasteiger partial charge in [-0.05, 0) is 55.5 Å². The van der Waals surface area contributed by atoms with Gasteiger partial charge in [-0.3, -0.25) is 24.6 Å². The van der Waals surface area contributed by atoms with Crippen molar-refractivity contribution in [1.29, 1.82) is 0 Å². The summed E-state index contributed by atoms with van der Waals surface area (Å²) in [6, 6.07) is 5.51. The van der Waals surface area contributed by atoms with Crippen LogP contribution in [0.1, 0.15) is 58.6 Å². The number of carbonyl (C=O) groups excluding carboxylic acids is 3. The van der Waals surface area contributed by atoms with E-state index in [1.807, 2.05) is 6.07 Å². The van der Waals surface area contributed by atoms with Gasteiger partial charge in [0.05, 0.1) is 0 Å². The second-order valence-corrected chi connectivity index (χ2v) is 8.82. The van der Waals surface area contributed by atoms with Crippen molar-refractivity contribution in [3.05, 3.63) is 52.8 Å². The highest BCUT2D eigenvalue weighted by molar-refractivity contribution is 6.05. The third kappa shape index (κ3) is 3.95. The smallest absolute Gasteiger partial charge is 0.255 e. The third-order valence-electron chi connectivity index (χ3n) is 6.74. The van der Waals surface area contributed by atoms with E-state index in [0.717, 1.165) is 43.6 Å². The number of likely N-dealkylation sites (tertiary alicyclic amines) is 1. The molecule has 0 radical (unpaired) electrons. The number of rotatable bonds is 4. The number of hydrogen-bond acceptors (Lipinski definition) is 7. The molecule has 32 heavy (non-hydrogen) atoms. The number of fused-ring (bicyclic) bond motifs is 1. The van der Waals surface area contributed by atoms with Crippen LogP contribution in [0.2, 0.25) is 0 Å². The molecule has 3 N–H and O–H groups in total. The first-order chi connectivity index (χ1) is 15.5. The third-order valence-corrected chi connectivity index (χ3v) is 6.74. The molecule has 5 rings (SSSR count). The molecule has 0 saturated carbocycles. The van der Waals surface area contributed by atoms with Gasteiger partial charge in [-0.25, -0.2) is 9.97 Å². The molecule has 0 aliphatic carbocycles. The van der Waals surface area contributed by atoms with Crippen LogP contribution in [-0.2, 0) is 22.7 Å². The first-order valence-electron chi connectivity index (χ1n) is 11.0. The molecule has 9 heteroatoms. The van der Waals surface area contributed by atoms with Crippen LogP contribution in [0.5, 0.6) is 0 Å². The number of imide groups is 1. The minimum Gasteiger partial charge on any atom is -0.368 e. The molecule has 1 aromatic carbocycles. The summed E-state index contributed by atoms with van der Waals surface area (Å²) in [5, 5.41) is 2.35. The zero-order chi connectivity index (χ0) is 22.2. The lowest BCUT2D eigenvalue weighted by Crippen LogP contribution is -2.52. The molecule has 2 saturated heterocycles. The molecule has 1 unspecified atom stereocenters. The van der Waals surface area contributed by atoms with Crippen LogP contribution in [0.3, 0.4) is 0 Å². The number of nitrogen functional groups attached to an aromatic ring is 1. The van der Waals surface area contributed by atoms with Crippen LogP contribution in [0.25, 0.3) is 0 Å². The van der Waals surface area contributed by atoms with Gasteiger partial charge in [0.15, 0.2) is 0 Å². The summed E-state index contributed by atoms with van der Waals surface area (Å²) in [5.41, 5.74) is 9.50. The lowest BCUT2D eigenvalue weighted by atomic mass is 9.88. The number of carbonyl (C=O) groups is 3. The highest BCUT2D eigenvalue weighted by Crippen LogP contribution is 2.33. The summed E-state index contributed by atoms with van der Waals surface area (Å²) in [4.78, 5) is 48.7. The van der Waals surface area contributed by atoms with Gasteiger partial charge in [-0.2, -0.15) is 0 Å². The number of anilines is 1. The Hall–Kier alpha value is -3.33. The fraction of sp³-hybridized carbons (Fsp3) is 0.435. The summed E-state index contributed by atoms with van der Waals surface area (Å²) >= 11 is 0. The first-order valence-corrected chi connectivity index (χ1v) is 11.0. The molecule has 1 aromatic heterocycles.